The third-order valence-electron chi connectivity index (χ3n) is 5.47. The second-order valence-corrected chi connectivity index (χ2v) is 9.79. The van der Waals surface area contributed by atoms with E-state index in [1.165, 1.54) is 24.2 Å². The maximum Gasteiger partial charge on any atom is 0.264 e. The van der Waals surface area contributed by atoms with Crippen molar-refractivity contribution in [1.82, 2.24) is 5.32 Å². The summed E-state index contributed by atoms with van der Waals surface area (Å²) < 4.78 is 32.4. The summed E-state index contributed by atoms with van der Waals surface area (Å²) >= 11 is 0. The largest absolute Gasteiger partial charge is 0.484 e. The van der Waals surface area contributed by atoms with E-state index in [0.29, 0.717) is 11.4 Å². The van der Waals surface area contributed by atoms with Gasteiger partial charge in [-0.25, -0.2) is 8.42 Å². The van der Waals surface area contributed by atoms with Crippen LogP contribution in [-0.2, 0) is 14.8 Å². The van der Waals surface area contributed by atoms with Crippen molar-refractivity contribution in [2.45, 2.75) is 56.4 Å². The van der Waals surface area contributed by atoms with Crippen molar-refractivity contribution >= 4 is 21.6 Å². The molecule has 162 valence electrons. The molecule has 0 atom stereocenters. The minimum atomic E-state index is -3.64. The quantitative estimate of drug-likeness (QED) is 0.673. The molecule has 30 heavy (non-hydrogen) atoms. The van der Waals surface area contributed by atoms with Gasteiger partial charge in [0.2, 0.25) is 0 Å². The zero-order chi connectivity index (χ0) is 21.6. The van der Waals surface area contributed by atoms with Crippen LogP contribution in [-0.4, -0.2) is 34.0 Å². The molecule has 0 saturated heterocycles. The van der Waals surface area contributed by atoms with Gasteiger partial charge >= 0.3 is 0 Å². The van der Waals surface area contributed by atoms with E-state index < -0.39 is 10.0 Å². The zero-order valence-electron chi connectivity index (χ0n) is 17.6. The van der Waals surface area contributed by atoms with Crippen LogP contribution in [0, 0.1) is 6.92 Å². The second-order valence-electron chi connectivity index (χ2n) is 7.82. The minimum absolute atomic E-state index is 0.0483. The number of ether oxygens (including phenoxy) is 1. The first kappa shape index (κ1) is 22.2. The molecule has 1 amide bonds. The molecule has 2 aromatic carbocycles. The lowest BCUT2D eigenvalue weighted by Crippen LogP contribution is -2.37. The number of anilines is 1. The number of hydrogen-bond donors (Lipinski definition) is 1. The van der Waals surface area contributed by atoms with Gasteiger partial charge in [0.25, 0.3) is 15.9 Å². The van der Waals surface area contributed by atoms with Crippen LogP contribution in [0.2, 0.25) is 0 Å². The van der Waals surface area contributed by atoms with Crippen LogP contribution in [0.3, 0.4) is 0 Å². The molecule has 0 spiro atoms. The van der Waals surface area contributed by atoms with Crippen molar-refractivity contribution in [2.24, 2.45) is 0 Å². The molecule has 7 heteroatoms. The van der Waals surface area contributed by atoms with Gasteiger partial charge in [0.1, 0.15) is 5.75 Å². The SMILES string of the molecule is Cc1ccc(S(=O)(=O)N(C)c2ccc(OCC(=O)NC3CCCCCC3)cc2)cc1. The lowest BCUT2D eigenvalue weighted by atomic mass is 10.1. The van der Waals surface area contributed by atoms with Crippen LogP contribution in [0.5, 0.6) is 5.75 Å². The lowest BCUT2D eigenvalue weighted by Gasteiger charge is -2.20. The molecule has 1 aliphatic rings. The van der Waals surface area contributed by atoms with Crippen molar-refractivity contribution in [1.29, 1.82) is 0 Å². The van der Waals surface area contributed by atoms with Gasteiger partial charge in [-0.2, -0.15) is 0 Å². The first-order valence-electron chi connectivity index (χ1n) is 10.4. The third kappa shape index (κ3) is 5.75. The number of nitrogens with zero attached hydrogens (tertiary/aromatic N) is 1. The predicted octanol–water partition coefficient (Wildman–Crippen LogP) is 4.04. The van der Waals surface area contributed by atoms with Crippen LogP contribution in [0.4, 0.5) is 5.69 Å². The van der Waals surface area contributed by atoms with Gasteiger partial charge in [0.15, 0.2) is 6.61 Å². The average molecular weight is 431 g/mol. The molecule has 0 unspecified atom stereocenters. The Labute approximate surface area is 179 Å². The zero-order valence-corrected chi connectivity index (χ0v) is 18.5. The molecule has 0 heterocycles. The summed E-state index contributed by atoms with van der Waals surface area (Å²) in [6.07, 6.45) is 6.86. The first-order valence-corrected chi connectivity index (χ1v) is 11.9. The van der Waals surface area contributed by atoms with E-state index in [2.05, 4.69) is 5.32 Å². The number of nitrogens with one attached hydrogen (secondary N) is 1. The molecule has 1 aliphatic carbocycles. The Balaban J connectivity index is 1.56. The fourth-order valence-electron chi connectivity index (χ4n) is 3.60. The molecule has 0 radical (unpaired) electrons. The number of aryl methyl sites for hydroxylation is 1. The highest BCUT2D eigenvalue weighted by Gasteiger charge is 2.21. The normalized spacial score (nSPS) is 15.3. The highest BCUT2D eigenvalue weighted by molar-refractivity contribution is 7.92. The second kappa shape index (κ2) is 9.98. The molecule has 3 rings (SSSR count). The molecule has 0 aromatic heterocycles. The highest BCUT2D eigenvalue weighted by atomic mass is 32.2. The lowest BCUT2D eigenvalue weighted by molar-refractivity contribution is -0.123. The van der Waals surface area contributed by atoms with Gasteiger partial charge in [-0.15, -0.1) is 0 Å². The summed E-state index contributed by atoms with van der Waals surface area (Å²) in [4.78, 5) is 12.4. The van der Waals surface area contributed by atoms with E-state index in [0.717, 1.165) is 31.2 Å². The number of benzene rings is 2. The summed E-state index contributed by atoms with van der Waals surface area (Å²) in [6, 6.07) is 13.7. The van der Waals surface area contributed by atoms with Crippen LogP contribution in [0.1, 0.15) is 44.1 Å². The van der Waals surface area contributed by atoms with Crippen LogP contribution >= 0.6 is 0 Å². The molecule has 0 bridgehead atoms. The predicted molar refractivity (Wildman–Crippen MR) is 118 cm³/mol. The molecule has 6 nitrogen and oxygen atoms in total. The van der Waals surface area contributed by atoms with Gasteiger partial charge in [-0.05, 0) is 56.2 Å². The molecule has 1 saturated carbocycles. The molecule has 1 N–H and O–H groups in total. The Morgan fingerprint density at radius 2 is 1.60 bits per heavy atom. The van der Waals surface area contributed by atoms with Gasteiger partial charge in [-0.1, -0.05) is 43.4 Å². The molecule has 2 aromatic rings. The fourth-order valence-corrected chi connectivity index (χ4v) is 4.80. The maximum absolute atomic E-state index is 12.8. The van der Waals surface area contributed by atoms with E-state index in [9.17, 15) is 13.2 Å². The van der Waals surface area contributed by atoms with E-state index in [-0.39, 0.29) is 23.5 Å². The Hall–Kier alpha value is -2.54. The van der Waals surface area contributed by atoms with Gasteiger partial charge in [0, 0.05) is 13.1 Å². The molecular weight excluding hydrogens is 400 g/mol. The van der Waals surface area contributed by atoms with E-state index in [1.54, 1.807) is 48.5 Å². The average Bonchev–Trinajstić information content (AvgIpc) is 3.01. The number of hydrogen-bond acceptors (Lipinski definition) is 4. The van der Waals surface area contributed by atoms with Crippen molar-refractivity contribution in [3.8, 4) is 5.75 Å². The minimum Gasteiger partial charge on any atom is -0.484 e. The van der Waals surface area contributed by atoms with Gasteiger partial charge in [-0.3, -0.25) is 9.10 Å². The molecular formula is C23H30N2O4S. The number of sulfonamides is 1. The van der Waals surface area contributed by atoms with Crippen LogP contribution < -0.4 is 14.4 Å². The summed E-state index contributed by atoms with van der Waals surface area (Å²) in [5, 5.41) is 3.05. The number of amides is 1. The summed E-state index contributed by atoms with van der Waals surface area (Å²) in [5.74, 6) is 0.404. The number of carbonyl (C=O) groups is 1. The third-order valence-corrected chi connectivity index (χ3v) is 7.27. The van der Waals surface area contributed by atoms with Crippen molar-refractivity contribution in [2.75, 3.05) is 18.0 Å². The van der Waals surface area contributed by atoms with Crippen LogP contribution in [0.25, 0.3) is 0 Å². The Kier molecular flexibility index (Phi) is 7.37. The number of carbonyl (C=O) groups excluding carboxylic acids is 1. The maximum atomic E-state index is 12.8. The topological polar surface area (TPSA) is 75.7 Å². The smallest absolute Gasteiger partial charge is 0.264 e. The standard InChI is InChI=1S/C23H30N2O4S/c1-18-9-15-22(16-10-18)30(27,28)25(2)20-11-13-21(14-12-20)29-17-23(26)24-19-7-5-3-4-6-8-19/h9-16,19H,3-8,17H2,1-2H3,(H,24,26). The Bertz CT molecular complexity index is 932. The summed E-state index contributed by atoms with van der Waals surface area (Å²) in [5.41, 5.74) is 1.52. The van der Waals surface area contributed by atoms with E-state index >= 15 is 0 Å². The van der Waals surface area contributed by atoms with Crippen molar-refractivity contribution in [3.63, 3.8) is 0 Å². The van der Waals surface area contributed by atoms with Crippen molar-refractivity contribution in [3.05, 3.63) is 54.1 Å². The van der Waals surface area contributed by atoms with E-state index in [4.69, 9.17) is 4.74 Å². The fraction of sp³-hybridized carbons (Fsp3) is 0.435. The van der Waals surface area contributed by atoms with Gasteiger partial charge < -0.3 is 10.1 Å². The van der Waals surface area contributed by atoms with Gasteiger partial charge in [0.05, 0.1) is 10.6 Å². The van der Waals surface area contributed by atoms with Crippen LogP contribution in [0.15, 0.2) is 53.4 Å². The molecule has 1 fully saturated rings. The summed E-state index contributed by atoms with van der Waals surface area (Å²) in [7, 11) is -2.12. The first-order chi connectivity index (χ1) is 14.4. The Morgan fingerprint density at radius 1 is 1.00 bits per heavy atom. The van der Waals surface area contributed by atoms with Crippen molar-refractivity contribution < 1.29 is 17.9 Å². The summed E-state index contributed by atoms with van der Waals surface area (Å²) in [6.45, 7) is 1.86. The monoisotopic (exact) mass is 430 g/mol. The number of rotatable bonds is 7. The molecule has 0 aliphatic heterocycles. The highest BCUT2D eigenvalue weighted by Crippen LogP contribution is 2.24. The van der Waals surface area contributed by atoms with E-state index in [1.807, 2.05) is 6.92 Å². The Morgan fingerprint density at radius 3 is 2.20 bits per heavy atom.